The molecule has 3 unspecified atom stereocenters. The minimum absolute atomic E-state index is 0.0554. The first-order valence-electron chi connectivity index (χ1n) is 34.9. The standard InChI is InChI=1S/C70H137N2O6P/c1-6-8-10-12-14-16-18-20-22-24-26-28-30-32-33-34-35-36-37-38-39-40-42-44-46-48-50-52-54-56-58-60-62-64-70(74)71-68(67-78-79(75,76)77-66-65-72(3,4)5)69(73)63-61-59-57-55-53-51-49-47-45-43-41-31-29-27-25-23-21-19-17-15-13-11-9-7-2/h45,47,53,55,61,63,68-69,73H,6-44,46,48-52,54,56-60,62,64-67H2,1-5H3,(H-,71,74,75,76)/p+1/b47-45+,55-53+,63-61+. The zero-order valence-electron chi connectivity index (χ0n) is 53.6. The Kier molecular flexibility index (Phi) is 60.3. The van der Waals surface area contributed by atoms with Crippen molar-refractivity contribution in [2.45, 2.75) is 366 Å². The summed E-state index contributed by atoms with van der Waals surface area (Å²) in [5.41, 5.74) is 0. The molecule has 0 aromatic heterocycles. The van der Waals surface area contributed by atoms with Crippen molar-refractivity contribution in [3.8, 4) is 0 Å². The molecule has 0 fully saturated rings. The average Bonchev–Trinajstić information content (AvgIpc) is 3.42. The minimum Gasteiger partial charge on any atom is -0.387 e. The van der Waals surface area contributed by atoms with Gasteiger partial charge in [-0.05, 0) is 44.9 Å². The molecule has 0 aromatic rings. The van der Waals surface area contributed by atoms with Crippen molar-refractivity contribution in [2.75, 3.05) is 40.9 Å². The number of quaternary nitrogens is 1. The van der Waals surface area contributed by atoms with Crippen LogP contribution < -0.4 is 5.32 Å². The van der Waals surface area contributed by atoms with Gasteiger partial charge in [-0.3, -0.25) is 13.8 Å². The number of nitrogens with zero attached hydrogens (tertiary/aromatic N) is 1. The fourth-order valence-electron chi connectivity index (χ4n) is 10.7. The fraction of sp³-hybridized carbons (Fsp3) is 0.900. The van der Waals surface area contributed by atoms with Crippen molar-refractivity contribution in [1.82, 2.24) is 5.32 Å². The number of hydrogen-bond acceptors (Lipinski definition) is 5. The Morgan fingerprint density at radius 1 is 0.418 bits per heavy atom. The molecule has 9 heteroatoms. The molecule has 468 valence electrons. The molecule has 0 bridgehead atoms. The summed E-state index contributed by atoms with van der Waals surface area (Å²) in [6, 6.07) is -0.869. The number of nitrogens with one attached hydrogen (secondary N) is 1. The Morgan fingerprint density at radius 2 is 0.696 bits per heavy atom. The second kappa shape index (κ2) is 61.3. The average molecular weight is 1130 g/mol. The summed E-state index contributed by atoms with van der Waals surface area (Å²) in [5.74, 6) is -0.183. The van der Waals surface area contributed by atoms with Gasteiger partial charge in [-0.15, -0.1) is 0 Å². The number of carbonyl (C=O) groups excluding carboxylic acids is 1. The van der Waals surface area contributed by atoms with Gasteiger partial charge in [0.1, 0.15) is 13.2 Å². The lowest BCUT2D eigenvalue weighted by Gasteiger charge is -2.25. The zero-order chi connectivity index (χ0) is 57.7. The third-order valence-electron chi connectivity index (χ3n) is 16.1. The Morgan fingerprint density at radius 3 is 1.01 bits per heavy atom. The van der Waals surface area contributed by atoms with E-state index in [1.807, 2.05) is 27.2 Å². The summed E-state index contributed by atoms with van der Waals surface area (Å²) in [6.45, 7) is 4.84. The molecule has 3 N–H and O–H groups in total. The van der Waals surface area contributed by atoms with Crippen molar-refractivity contribution < 1.29 is 32.9 Å². The number of likely N-dealkylation sites (N-methyl/N-ethyl adjacent to an activating group) is 1. The number of amides is 1. The highest BCUT2D eigenvalue weighted by molar-refractivity contribution is 7.47. The first-order valence-corrected chi connectivity index (χ1v) is 36.4. The smallest absolute Gasteiger partial charge is 0.387 e. The van der Waals surface area contributed by atoms with E-state index in [2.05, 4.69) is 43.5 Å². The van der Waals surface area contributed by atoms with Crippen molar-refractivity contribution in [1.29, 1.82) is 0 Å². The van der Waals surface area contributed by atoms with Crippen molar-refractivity contribution >= 4 is 13.7 Å². The number of unbranched alkanes of at least 4 members (excludes halogenated alkanes) is 48. The van der Waals surface area contributed by atoms with E-state index in [0.29, 0.717) is 17.4 Å². The number of aliphatic hydroxyl groups is 1. The normalized spacial score (nSPS) is 13.9. The first kappa shape index (κ1) is 77.7. The van der Waals surface area contributed by atoms with Gasteiger partial charge in [0.2, 0.25) is 5.91 Å². The molecule has 0 spiro atoms. The third kappa shape index (κ3) is 64.1. The molecule has 0 aromatic carbocycles. The van der Waals surface area contributed by atoms with Crippen LogP contribution in [0.2, 0.25) is 0 Å². The van der Waals surface area contributed by atoms with Crippen LogP contribution in [0.25, 0.3) is 0 Å². The molecule has 0 radical (unpaired) electrons. The van der Waals surface area contributed by atoms with E-state index < -0.39 is 20.0 Å². The van der Waals surface area contributed by atoms with E-state index in [-0.39, 0.29) is 19.1 Å². The molecule has 0 saturated carbocycles. The van der Waals surface area contributed by atoms with E-state index in [1.54, 1.807) is 6.08 Å². The maximum absolute atomic E-state index is 13.0. The first-order chi connectivity index (χ1) is 38.5. The van der Waals surface area contributed by atoms with Gasteiger partial charge in [-0.25, -0.2) is 4.57 Å². The molecular weight excluding hydrogens is 996 g/mol. The van der Waals surface area contributed by atoms with Gasteiger partial charge in [0.05, 0.1) is 39.9 Å². The van der Waals surface area contributed by atoms with Gasteiger partial charge in [-0.1, -0.05) is 339 Å². The molecule has 0 rings (SSSR count). The maximum Gasteiger partial charge on any atom is 0.472 e. The highest BCUT2D eigenvalue weighted by Gasteiger charge is 2.28. The van der Waals surface area contributed by atoms with Crippen molar-refractivity contribution in [3.63, 3.8) is 0 Å². The maximum atomic E-state index is 13.0. The molecule has 79 heavy (non-hydrogen) atoms. The van der Waals surface area contributed by atoms with Gasteiger partial charge in [-0.2, -0.15) is 0 Å². The minimum atomic E-state index is -4.36. The number of hydrogen-bond donors (Lipinski definition) is 3. The SMILES string of the molecule is CCCCCCCCCCCCCCCC/C=C/CC/C=C/CC/C=C/C(O)C(COP(=O)(O)OCC[N+](C)(C)C)NC(=O)CCCCCCCCCCCCCCCCCCCCCCCCCCCCCCCCCCC. The molecule has 3 atom stereocenters. The number of allylic oxidation sites excluding steroid dienone is 5. The van der Waals surface area contributed by atoms with E-state index in [9.17, 15) is 19.4 Å². The molecule has 1 amide bonds. The molecule has 0 aliphatic carbocycles. The van der Waals surface area contributed by atoms with Crippen LogP contribution in [0.3, 0.4) is 0 Å². The highest BCUT2D eigenvalue weighted by Crippen LogP contribution is 2.43. The molecule has 0 saturated heterocycles. The third-order valence-corrected chi connectivity index (χ3v) is 17.1. The molecular formula is C70H138N2O6P+. The number of carbonyl (C=O) groups is 1. The monoisotopic (exact) mass is 1130 g/mol. The molecule has 0 aliphatic heterocycles. The summed E-state index contributed by atoms with van der Waals surface area (Å²) in [5, 5.41) is 14.0. The second-order valence-corrected chi connectivity index (χ2v) is 26.7. The second-order valence-electron chi connectivity index (χ2n) is 25.3. The van der Waals surface area contributed by atoms with Crippen LogP contribution in [0.1, 0.15) is 354 Å². The summed E-state index contributed by atoms with van der Waals surface area (Å²) < 4.78 is 23.8. The van der Waals surface area contributed by atoms with Gasteiger partial charge in [0.25, 0.3) is 0 Å². The lowest BCUT2D eigenvalue weighted by molar-refractivity contribution is -0.870. The van der Waals surface area contributed by atoms with Crippen LogP contribution in [-0.2, 0) is 18.4 Å². The molecule has 0 heterocycles. The van der Waals surface area contributed by atoms with Gasteiger partial charge in [0, 0.05) is 6.42 Å². The van der Waals surface area contributed by atoms with Gasteiger partial charge in [0.15, 0.2) is 0 Å². The predicted molar refractivity (Wildman–Crippen MR) is 346 cm³/mol. The van der Waals surface area contributed by atoms with E-state index in [4.69, 9.17) is 9.05 Å². The quantitative estimate of drug-likeness (QED) is 0.0243. The number of phosphoric acid groups is 1. The molecule has 8 nitrogen and oxygen atoms in total. The zero-order valence-corrected chi connectivity index (χ0v) is 54.5. The number of phosphoric ester groups is 1. The van der Waals surface area contributed by atoms with Crippen LogP contribution in [0.4, 0.5) is 0 Å². The predicted octanol–water partition coefficient (Wildman–Crippen LogP) is 22.1. The van der Waals surface area contributed by atoms with Crippen molar-refractivity contribution in [3.05, 3.63) is 36.5 Å². The van der Waals surface area contributed by atoms with Crippen molar-refractivity contribution in [2.24, 2.45) is 0 Å². The largest absolute Gasteiger partial charge is 0.472 e. The Bertz CT molecular complexity index is 1380. The number of rotatable bonds is 65. The van der Waals surface area contributed by atoms with Crippen LogP contribution >= 0.6 is 7.82 Å². The number of aliphatic hydroxyl groups excluding tert-OH is 1. The van der Waals surface area contributed by atoms with Gasteiger partial charge >= 0.3 is 7.82 Å². The lowest BCUT2D eigenvalue weighted by atomic mass is 10.0. The van der Waals surface area contributed by atoms with E-state index in [1.165, 1.54) is 289 Å². The van der Waals surface area contributed by atoms with E-state index >= 15 is 0 Å². The topological polar surface area (TPSA) is 105 Å². The lowest BCUT2D eigenvalue weighted by Crippen LogP contribution is -2.45. The van der Waals surface area contributed by atoms with E-state index in [0.717, 1.165) is 44.9 Å². The highest BCUT2D eigenvalue weighted by atomic mass is 31.2. The van der Waals surface area contributed by atoms with Crippen LogP contribution in [-0.4, -0.2) is 73.4 Å². The van der Waals surface area contributed by atoms with Gasteiger partial charge < -0.3 is 19.8 Å². The van der Waals surface area contributed by atoms with Crippen LogP contribution in [0.5, 0.6) is 0 Å². The Balaban J connectivity index is 4.06. The summed E-state index contributed by atoms with van der Waals surface area (Å²) in [6.07, 6.45) is 81.6. The molecule has 0 aliphatic rings. The Labute approximate surface area is 493 Å². The fourth-order valence-corrected chi connectivity index (χ4v) is 11.4. The summed E-state index contributed by atoms with van der Waals surface area (Å²) >= 11 is 0. The van der Waals surface area contributed by atoms with Crippen LogP contribution in [0.15, 0.2) is 36.5 Å². The summed E-state index contributed by atoms with van der Waals surface area (Å²) in [7, 11) is 1.56. The summed E-state index contributed by atoms with van der Waals surface area (Å²) in [4.78, 5) is 23.4. The van der Waals surface area contributed by atoms with Crippen LogP contribution in [0, 0.1) is 0 Å². The Hall–Kier alpha value is -1.28.